The van der Waals surface area contributed by atoms with Crippen molar-refractivity contribution >= 4 is 5.91 Å². The minimum atomic E-state index is -0.672. The summed E-state index contributed by atoms with van der Waals surface area (Å²) >= 11 is 0. The Morgan fingerprint density at radius 3 is 2.54 bits per heavy atom. The summed E-state index contributed by atoms with van der Waals surface area (Å²) in [4.78, 5) is 12.6. The largest absolute Gasteiger partial charge is 0.481 e. The van der Waals surface area contributed by atoms with Crippen molar-refractivity contribution in [2.75, 3.05) is 13.2 Å². The standard InChI is InChI=1S/C23H24N2O3/c1-4-15-27-20-11-9-18(10-12-20)13-14-25-23(26)22(17(2)3)28-21-8-6-5-7-19(21)16-24/h1,5-12,17,22H,13-15H2,2-3H3,(H,25,26). The van der Waals surface area contributed by atoms with Crippen LogP contribution in [-0.4, -0.2) is 25.2 Å². The summed E-state index contributed by atoms with van der Waals surface area (Å²) in [6.45, 7) is 4.54. The van der Waals surface area contributed by atoms with E-state index in [1.807, 2.05) is 38.1 Å². The lowest BCUT2D eigenvalue weighted by atomic mass is 10.1. The van der Waals surface area contributed by atoms with E-state index < -0.39 is 6.10 Å². The molecule has 1 atom stereocenters. The van der Waals surface area contributed by atoms with Gasteiger partial charge in [0.15, 0.2) is 6.10 Å². The van der Waals surface area contributed by atoms with E-state index >= 15 is 0 Å². The van der Waals surface area contributed by atoms with Gasteiger partial charge in [0, 0.05) is 6.54 Å². The molecule has 0 fully saturated rings. The molecule has 0 aliphatic rings. The Morgan fingerprint density at radius 2 is 1.89 bits per heavy atom. The molecule has 0 bridgehead atoms. The first-order valence-electron chi connectivity index (χ1n) is 9.14. The number of ether oxygens (including phenoxy) is 2. The number of carbonyl (C=O) groups is 1. The molecule has 2 rings (SSSR count). The van der Waals surface area contributed by atoms with Crippen molar-refractivity contribution in [2.45, 2.75) is 26.4 Å². The van der Waals surface area contributed by atoms with Gasteiger partial charge in [0.25, 0.3) is 5.91 Å². The monoisotopic (exact) mass is 376 g/mol. The van der Waals surface area contributed by atoms with Crippen LogP contribution in [-0.2, 0) is 11.2 Å². The number of nitrogens with zero attached hydrogens (tertiary/aromatic N) is 1. The van der Waals surface area contributed by atoms with Crippen LogP contribution in [0.15, 0.2) is 48.5 Å². The molecule has 0 heterocycles. The van der Waals surface area contributed by atoms with Crippen LogP contribution in [0.3, 0.4) is 0 Å². The zero-order chi connectivity index (χ0) is 20.4. The molecule has 28 heavy (non-hydrogen) atoms. The number of para-hydroxylation sites is 1. The minimum absolute atomic E-state index is 0.0423. The Bertz CT molecular complexity index is 861. The van der Waals surface area contributed by atoms with E-state index in [-0.39, 0.29) is 18.4 Å². The molecule has 144 valence electrons. The van der Waals surface area contributed by atoms with Crippen molar-refractivity contribution in [2.24, 2.45) is 5.92 Å². The van der Waals surface area contributed by atoms with E-state index in [0.29, 0.717) is 24.3 Å². The first-order valence-corrected chi connectivity index (χ1v) is 9.14. The summed E-state index contributed by atoms with van der Waals surface area (Å²) in [5, 5.41) is 12.1. The predicted octanol–water partition coefficient (Wildman–Crippen LogP) is 3.33. The summed E-state index contributed by atoms with van der Waals surface area (Å²) in [5.41, 5.74) is 1.48. The molecule has 0 saturated heterocycles. The molecule has 0 aliphatic heterocycles. The number of hydrogen-bond acceptors (Lipinski definition) is 4. The molecule has 1 unspecified atom stereocenters. The van der Waals surface area contributed by atoms with Crippen LogP contribution in [0.4, 0.5) is 0 Å². The van der Waals surface area contributed by atoms with Crippen LogP contribution in [0.1, 0.15) is 25.0 Å². The Kier molecular flexibility index (Phi) is 7.93. The Labute approximate surface area is 166 Å². The highest BCUT2D eigenvalue weighted by Gasteiger charge is 2.24. The van der Waals surface area contributed by atoms with Gasteiger partial charge in [0.2, 0.25) is 0 Å². The molecule has 5 nitrogen and oxygen atoms in total. The lowest BCUT2D eigenvalue weighted by Gasteiger charge is -2.22. The molecule has 0 spiro atoms. The molecular weight excluding hydrogens is 352 g/mol. The fourth-order valence-electron chi connectivity index (χ4n) is 2.60. The maximum absolute atomic E-state index is 12.6. The SMILES string of the molecule is C#CCOc1ccc(CCNC(=O)C(Oc2ccccc2C#N)C(C)C)cc1. The molecule has 0 saturated carbocycles. The molecule has 0 radical (unpaired) electrons. The number of nitriles is 1. The lowest BCUT2D eigenvalue weighted by Crippen LogP contribution is -2.42. The maximum Gasteiger partial charge on any atom is 0.261 e. The number of nitrogens with one attached hydrogen (secondary N) is 1. The van der Waals surface area contributed by atoms with Gasteiger partial charge in [0.1, 0.15) is 24.2 Å². The minimum Gasteiger partial charge on any atom is -0.481 e. The molecule has 0 aromatic heterocycles. The first kappa shape index (κ1) is 20.9. The third-order valence-corrected chi connectivity index (χ3v) is 4.08. The summed E-state index contributed by atoms with van der Waals surface area (Å²) < 4.78 is 11.2. The molecule has 2 aromatic carbocycles. The number of carbonyl (C=O) groups excluding carboxylic acids is 1. The normalized spacial score (nSPS) is 11.2. The summed E-state index contributed by atoms with van der Waals surface area (Å²) in [6, 6.07) is 16.6. The predicted molar refractivity (Wildman–Crippen MR) is 108 cm³/mol. The van der Waals surface area contributed by atoms with Crippen LogP contribution in [0, 0.1) is 29.6 Å². The number of terminal acetylenes is 1. The van der Waals surface area contributed by atoms with E-state index in [2.05, 4.69) is 17.3 Å². The van der Waals surface area contributed by atoms with Gasteiger partial charge >= 0.3 is 0 Å². The molecule has 2 aromatic rings. The van der Waals surface area contributed by atoms with Crippen molar-refractivity contribution in [1.29, 1.82) is 5.26 Å². The van der Waals surface area contributed by atoms with Gasteiger partial charge in [-0.15, -0.1) is 6.42 Å². The highest BCUT2D eigenvalue weighted by atomic mass is 16.5. The zero-order valence-electron chi connectivity index (χ0n) is 16.1. The lowest BCUT2D eigenvalue weighted by molar-refractivity contribution is -0.129. The highest BCUT2D eigenvalue weighted by molar-refractivity contribution is 5.81. The van der Waals surface area contributed by atoms with Crippen LogP contribution < -0.4 is 14.8 Å². The van der Waals surface area contributed by atoms with Gasteiger partial charge in [-0.05, 0) is 42.2 Å². The number of rotatable bonds is 9. The van der Waals surface area contributed by atoms with E-state index in [9.17, 15) is 10.1 Å². The van der Waals surface area contributed by atoms with Crippen LogP contribution in [0.25, 0.3) is 0 Å². The van der Waals surface area contributed by atoms with Gasteiger partial charge in [-0.3, -0.25) is 4.79 Å². The van der Waals surface area contributed by atoms with Gasteiger partial charge < -0.3 is 14.8 Å². The summed E-state index contributed by atoms with van der Waals surface area (Å²) in [7, 11) is 0. The molecule has 5 heteroatoms. The molecule has 1 amide bonds. The number of hydrogen-bond donors (Lipinski definition) is 1. The second-order valence-corrected chi connectivity index (χ2v) is 6.57. The average Bonchev–Trinajstić information content (AvgIpc) is 2.71. The Morgan fingerprint density at radius 1 is 1.18 bits per heavy atom. The Balaban J connectivity index is 1.90. The zero-order valence-corrected chi connectivity index (χ0v) is 16.1. The van der Waals surface area contributed by atoms with Gasteiger partial charge in [0.05, 0.1) is 5.56 Å². The molecule has 0 aliphatic carbocycles. The van der Waals surface area contributed by atoms with E-state index in [1.165, 1.54) is 0 Å². The fourth-order valence-corrected chi connectivity index (χ4v) is 2.60. The molecular formula is C23H24N2O3. The second kappa shape index (κ2) is 10.6. The highest BCUT2D eigenvalue weighted by Crippen LogP contribution is 2.21. The summed E-state index contributed by atoms with van der Waals surface area (Å²) in [5.74, 6) is 3.32. The topological polar surface area (TPSA) is 71.3 Å². The van der Waals surface area contributed by atoms with Crippen molar-refractivity contribution in [3.8, 4) is 29.9 Å². The third-order valence-electron chi connectivity index (χ3n) is 4.08. The van der Waals surface area contributed by atoms with Crippen molar-refractivity contribution in [1.82, 2.24) is 5.32 Å². The quantitative estimate of drug-likeness (QED) is 0.682. The van der Waals surface area contributed by atoms with Crippen LogP contribution in [0.2, 0.25) is 0 Å². The van der Waals surface area contributed by atoms with Crippen molar-refractivity contribution < 1.29 is 14.3 Å². The van der Waals surface area contributed by atoms with Gasteiger partial charge in [-0.2, -0.15) is 5.26 Å². The van der Waals surface area contributed by atoms with E-state index in [4.69, 9.17) is 15.9 Å². The van der Waals surface area contributed by atoms with Crippen molar-refractivity contribution in [3.05, 3.63) is 59.7 Å². The Hall–Kier alpha value is -3.44. The van der Waals surface area contributed by atoms with E-state index in [0.717, 1.165) is 11.3 Å². The number of amides is 1. The first-order chi connectivity index (χ1) is 13.5. The van der Waals surface area contributed by atoms with Gasteiger partial charge in [-0.1, -0.05) is 44.0 Å². The summed E-state index contributed by atoms with van der Waals surface area (Å²) in [6.07, 6.45) is 5.18. The van der Waals surface area contributed by atoms with Crippen LogP contribution >= 0.6 is 0 Å². The van der Waals surface area contributed by atoms with Gasteiger partial charge in [-0.25, -0.2) is 0 Å². The maximum atomic E-state index is 12.6. The average molecular weight is 376 g/mol. The third kappa shape index (κ3) is 6.07. The van der Waals surface area contributed by atoms with E-state index in [1.54, 1.807) is 24.3 Å². The fraction of sp³-hybridized carbons (Fsp3) is 0.304. The van der Waals surface area contributed by atoms with Crippen LogP contribution in [0.5, 0.6) is 11.5 Å². The molecule has 1 N–H and O–H groups in total. The smallest absolute Gasteiger partial charge is 0.261 e. The van der Waals surface area contributed by atoms with Crippen molar-refractivity contribution in [3.63, 3.8) is 0 Å². The second-order valence-electron chi connectivity index (χ2n) is 6.57. The number of benzene rings is 2.